The van der Waals surface area contributed by atoms with E-state index in [0.717, 1.165) is 16.7 Å². The van der Waals surface area contributed by atoms with Crippen molar-refractivity contribution >= 4 is 22.9 Å². The first-order valence-corrected chi connectivity index (χ1v) is 7.63. The molecule has 0 atom stereocenters. The molecule has 0 amide bonds. The van der Waals surface area contributed by atoms with Gasteiger partial charge in [0.2, 0.25) is 0 Å². The van der Waals surface area contributed by atoms with Crippen molar-refractivity contribution in [3.05, 3.63) is 30.5 Å². The van der Waals surface area contributed by atoms with Gasteiger partial charge in [0.1, 0.15) is 25.3 Å². The van der Waals surface area contributed by atoms with Gasteiger partial charge in [0, 0.05) is 20.3 Å². The number of hydrogen-bond donors (Lipinski definition) is 0. The van der Waals surface area contributed by atoms with E-state index in [1.807, 2.05) is 79.0 Å². The van der Waals surface area contributed by atoms with Crippen LogP contribution in [0.15, 0.2) is 30.5 Å². The summed E-state index contributed by atoms with van der Waals surface area (Å²) in [5.41, 5.74) is 2.87. The Morgan fingerprint density at radius 1 is 1.17 bits per heavy atom. The number of nitrogens with zero attached hydrogens (tertiary/aromatic N) is 5. The molecule has 2 rings (SSSR count). The second-order valence-corrected chi connectivity index (χ2v) is 5.73. The number of fused-ring (bicyclic) bond motifs is 1. The molecule has 0 spiro atoms. The first-order valence-electron chi connectivity index (χ1n) is 6.40. The number of allylic oxidation sites excluding steroid dienone is 1. The van der Waals surface area contributed by atoms with Crippen LogP contribution in [-0.2, 0) is 0 Å². The maximum atomic E-state index is 8.49. The van der Waals surface area contributed by atoms with Crippen LogP contribution in [0.3, 0.4) is 0 Å². The predicted octanol–water partition coefficient (Wildman–Crippen LogP) is -3.62. The number of rotatable bonds is 3. The standard InChI is InChI=1S/C13H18N5.ClHO4/c1-16(2)9-11(10-17(3)4)18-13-8-6-5-7-12(13)14-15-18;2-1(3,4)5/h5-10H,1-4H3;(H,2,3,4,5)/q+1;/p-1. The van der Waals surface area contributed by atoms with E-state index >= 15 is 0 Å². The summed E-state index contributed by atoms with van der Waals surface area (Å²) in [5.74, 6) is 0. The van der Waals surface area contributed by atoms with E-state index in [2.05, 4.69) is 10.3 Å². The molecule has 0 fully saturated rings. The van der Waals surface area contributed by atoms with Crippen LogP contribution in [0.25, 0.3) is 16.7 Å². The summed E-state index contributed by atoms with van der Waals surface area (Å²) >= 11 is 0. The summed E-state index contributed by atoms with van der Waals surface area (Å²) in [4.78, 5) is 1.99. The van der Waals surface area contributed by atoms with Crippen molar-refractivity contribution in [3.8, 4) is 0 Å². The number of hydrogen-bond acceptors (Lipinski definition) is 7. The fraction of sp³-hybridized carbons (Fsp3) is 0.308. The second-order valence-electron chi connectivity index (χ2n) is 4.98. The molecule has 0 unspecified atom stereocenters. The van der Waals surface area contributed by atoms with Gasteiger partial charge in [-0.3, -0.25) is 0 Å². The molecular weight excluding hydrogens is 326 g/mol. The van der Waals surface area contributed by atoms with Crippen LogP contribution in [0.1, 0.15) is 0 Å². The van der Waals surface area contributed by atoms with Crippen molar-refractivity contribution in [1.29, 1.82) is 0 Å². The highest BCUT2D eigenvalue weighted by molar-refractivity contribution is 6.01. The lowest BCUT2D eigenvalue weighted by molar-refractivity contribution is -2.00. The van der Waals surface area contributed by atoms with Crippen LogP contribution in [0.2, 0.25) is 0 Å². The fourth-order valence-electron chi connectivity index (χ4n) is 1.73. The van der Waals surface area contributed by atoms with E-state index in [0.29, 0.717) is 0 Å². The molecule has 1 aromatic heterocycles. The minimum atomic E-state index is -4.94. The van der Waals surface area contributed by atoms with Crippen LogP contribution >= 0.6 is 0 Å². The largest absolute Gasteiger partial charge is 0.382 e. The third-order valence-corrected chi connectivity index (χ3v) is 2.38. The molecule has 0 saturated carbocycles. The van der Waals surface area contributed by atoms with Gasteiger partial charge in [0.15, 0.2) is 6.21 Å². The Hall–Kier alpha value is -2.04. The van der Waals surface area contributed by atoms with E-state index in [1.165, 1.54) is 0 Å². The second kappa shape index (κ2) is 7.99. The summed E-state index contributed by atoms with van der Waals surface area (Å²) in [6, 6.07) is 7.93. The topological polar surface area (TPSA) is 129 Å². The van der Waals surface area contributed by atoms with E-state index in [1.54, 1.807) is 0 Å². The highest BCUT2D eigenvalue weighted by Crippen LogP contribution is 2.13. The molecule has 10 heteroatoms. The van der Waals surface area contributed by atoms with Crippen molar-refractivity contribution < 1.29 is 33.5 Å². The zero-order chi connectivity index (χ0) is 17.6. The summed E-state index contributed by atoms with van der Waals surface area (Å²) in [6.07, 6.45) is 4.03. The maximum absolute atomic E-state index is 8.49. The monoisotopic (exact) mass is 343 g/mol. The minimum absolute atomic E-state index is 0.898. The molecule has 0 radical (unpaired) electrons. The van der Waals surface area contributed by atoms with Gasteiger partial charge < -0.3 is 4.90 Å². The number of para-hydroxylation sites is 1. The lowest BCUT2D eigenvalue weighted by atomic mass is 10.3. The molecule has 0 bridgehead atoms. The molecule has 0 aliphatic carbocycles. The minimum Gasteiger partial charge on any atom is -0.382 e. The van der Waals surface area contributed by atoms with Crippen molar-refractivity contribution in [3.63, 3.8) is 0 Å². The summed E-state index contributed by atoms with van der Waals surface area (Å²) in [6.45, 7) is 0. The zero-order valence-corrected chi connectivity index (χ0v) is 14.0. The summed E-state index contributed by atoms with van der Waals surface area (Å²) in [5, 5.41) is 8.38. The Balaban J connectivity index is 0.000000463. The van der Waals surface area contributed by atoms with E-state index in [4.69, 9.17) is 18.6 Å². The first-order chi connectivity index (χ1) is 10.6. The molecule has 0 N–H and O–H groups in total. The normalized spacial score (nSPS) is 11.7. The van der Waals surface area contributed by atoms with Crippen molar-refractivity contribution in [2.75, 3.05) is 28.2 Å². The van der Waals surface area contributed by atoms with Crippen molar-refractivity contribution in [2.24, 2.45) is 0 Å². The van der Waals surface area contributed by atoms with Crippen molar-refractivity contribution in [2.45, 2.75) is 0 Å². The van der Waals surface area contributed by atoms with E-state index in [-0.39, 0.29) is 0 Å². The van der Waals surface area contributed by atoms with Gasteiger partial charge >= 0.3 is 0 Å². The molecule has 23 heavy (non-hydrogen) atoms. The SMILES string of the molecule is CN(C)/C=C(/C=[N+](C)C)n1nnc2ccccc21.[O-][Cl+3]([O-])([O-])[O-]. The van der Waals surface area contributed by atoms with Crippen LogP contribution < -0.4 is 18.6 Å². The lowest BCUT2D eigenvalue weighted by Crippen LogP contribution is -2.68. The number of aromatic nitrogens is 3. The van der Waals surface area contributed by atoms with Gasteiger partial charge in [0.25, 0.3) is 0 Å². The molecule has 0 aliphatic heterocycles. The van der Waals surface area contributed by atoms with Crippen LogP contribution in [0.5, 0.6) is 0 Å². The van der Waals surface area contributed by atoms with E-state index in [9.17, 15) is 0 Å². The van der Waals surface area contributed by atoms with Crippen molar-refractivity contribution in [1.82, 2.24) is 19.9 Å². The van der Waals surface area contributed by atoms with E-state index < -0.39 is 10.2 Å². The summed E-state index contributed by atoms with van der Waals surface area (Å²) in [7, 11) is 3.01. The molecule has 9 nitrogen and oxygen atoms in total. The molecule has 1 aromatic carbocycles. The number of benzene rings is 1. The predicted molar refractivity (Wildman–Crippen MR) is 73.7 cm³/mol. The van der Waals surface area contributed by atoms with Gasteiger partial charge in [-0.15, -0.1) is 15.3 Å². The third kappa shape index (κ3) is 7.17. The highest BCUT2D eigenvalue weighted by Gasteiger charge is 2.09. The third-order valence-electron chi connectivity index (χ3n) is 2.38. The average molecular weight is 344 g/mol. The first kappa shape index (κ1) is 19.0. The maximum Gasteiger partial charge on any atom is 0.190 e. The molecule has 126 valence electrons. The van der Waals surface area contributed by atoms with Gasteiger partial charge in [-0.05, 0) is 12.1 Å². The smallest absolute Gasteiger partial charge is 0.190 e. The average Bonchev–Trinajstić information content (AvgIpc) is 2.78. The Morgan fingerprint density at radius 2 is 1.74 bits per heavy atom. The molecule has 0 saturated heterocycles. The van der Waals surface area contributed by atoms with Gasteiger partial charge in [0.05, 0.1) is 5.52 Å². The Kier molecular flexibility index (Phi) is 6.61. The number of halogens is 1. The summed E-state index contributed by atoms with van der Waals surface area (Å²) < 4.78 is 37.8. The van der Waals surface area contributed by atoms with Gasteiger partial charge in [-0.25, -0.2) is 27.9 Å². The van der Waals surface area contributed by atoms with Gasteiger partial charge in [-0.1, -0.05) is 17.3 Å². The fourth-order valence-corrected chi connectivity index (χ4v) is 1.73. The van der Waals surface area contributed by atoms with Crippen LogP contribution in [0, 0.1) is 10.2 Å². The Morgan fingerprint density at radius 3 is 2.26 bits per heavy atom. The van der Waals surface area contributed by atoms with Gasteiger partial charge in [-0.2, -0.15) is 0 Å². The lowest BCUT2D eigenvalue weighted by Gasteiger charge is -2.17. The molecule has 1 heterocycles. The zero-order valence-electron chi connectivity index (χ0n) is 13.2. The Bertz CT molecular complexity index is 696. The Labute approximate surface area is 135 Å². The quantitative estimate of drug-likeness (QED) is 0.415. The highest BCUT2D eigenvalue weighted by atomic mass is 35.7. The molecular formula is C13H18ClN5O4. The molecule has 0 aliphatic rings. The van der Waals surface area contributed by atoms with Crippen LogP contribution in [0.4, 0.5) is 0 Å². The molecule has 2 aromatic rings. The van der Waals surface area contributed by atoms with Crippen LogP contribution in [-0.4, -0.2) is 58.9 Å².